The van der Waals surface area contributed by atoms with E-state index >= 15 is 0 Å². The van der Waals surface area contributed by atoms with Gasteiger partial charge in [-0.1, -0.05) is 34.1 Å². The van der Waals surface area contributed by atoms with Crippen LogP contribution in [-0.2, 0) is 11.2 Å². The van der Waals surface area contributed by atoms with E-state index in [9.17, 15) is 0 Å². The molecule has 0 saturated heterocycles. The van der Waals surface area contributed by atoms with Crippen molar-refractivity contribution in [3.63, 3.8) is 0 Å². The first-order chi connectivity index (χ1) is 6.77. The van der Waals surface area contributed by atoms with Crippen LogP contribution >= 0.6 is 15.9 Å². The van der Waals surface area contributed by atoms with Gasteiger partial charge in [-0.15, -0.1) is 0 Å². The lowest BCUT2D eigenvalue weighted by atomic mass is 10.0. The highest BCUT2D eigenvalue weighted by Crippen LogP contribution is 2.19. The van der Waals surface area contributed by atoms with E-state index in [2.05, 4.69) is 22.0 Å². The van der Waals surface area contributed by atoms with Crippen LogP contribution < -0.4 is 0 Å². The number of hydrogen-bond acceptors (Lipinski definition) is 2. The molecule has 14 heavy (non-hydrogen) atoms. The summed E-state index contributed by atoms with van der Waals surface area (Å²) in [6.07, 6.45) is 0.839. The molecule has 0 aliphatic rings. The van der Waals surface area contributed by atoms with Crippen molar-refractivity contribution in [2.45, 2.75) is 6.42 Å². The van der Waals surface area contributed by atoms with Gasteiger partial charge in [-0.25, -0.2) is 0 Å². The molecule has 0 aliphatic carbocycles. The largest absolute Gasteiger partial charge is 0.396 e. The summed E-state index contributed by atoms with van der Waals surface area (Å²) in [5.74, 6) is 0.179. The predicted molar refractivity (Wildman–Crippen MR) is 60.3 cm³/mol. The molecule has 0 heterocycles. The van der Waals surface area contributed by atoms with Crippen LogP contribution in [0.25, 0.3) is 0 Å². The first-order valence-electron chi connectivity index (χ1n) is 4.61. The van der Waals surface area contributed by atoms with Gasteiger partial charge in [-0.2, -0.15) is 0 Å². The van der Waals surface area contributed by atoms with E-state index < -0.39 is 0 Å². The Morgan fingerprint density at radius 2 is 2.14 bits per heavy atom. The van der Waals surface area contributed by atoms with Gasteiger partial charge in [0.25, 0.3) is 0 Å². The van der Waals surface area contributed by atoms with Gasteiger partial charge in [0.15, 0.2) is 0 Å². The zero-order chi connectivity index (χ0) is 10.4. The Morgan fingerprint density at radius 3 is 2.71 bits per heavy atom. The van der Waals surface area contributed by atoms with Gasteiger partial charge in [-0.3, -0.25) is 0 Å². The number of aliphatic hydroxyl groups is 1. The molecule has 0 saturated carbocycles. The molecule has 2 nitrogen and oxygen atoms in total. The van der Waals surface area contributed by atoms with Crippen LogP contribution in [0.1, 0.15) is 5.56 Å². The highest BCUT2D eigenvalue weighted by molar-refractivity contribution is 9.10. The summed E-state index contributed by atoms with van der Waals surface area (Å²) in [4.78, 5) is 0. The Labute approximate surface area is 93.0 Å². The fourth-order valence-electron chi connectivity index (χ4n) is 1.39. The highest BCUT2D eigenvalue weighted by Gasteiger charge is 2.09. The summed E-state index contributed by atoms with van der Waals surface area (Å²) in [6, 6.07) is 8.05. The second-order valence-electron chi connectivity index (χ2n) is 3.30. The average Bonchev–Trinajstić information content (AvgIpc) is 2.20. The van der Waals surface area contributed by atoms with Crippen LogP contribution in [0.15, 0.2) is 28.7 Å². The molecule has 1 atom stereocenters. The second kappa shape index (κ2) is 6.17. The molecule has 78 valence electrons. The van der Waals surface area contributed by atoms with Crippen LogP contribution in [0.2, 0.25) is 0 Å². The molecule has 0 radical (unpaired) electrons. The van der Waals surface area contributed by atoms with E-state index in [1.54, 1.807) is 7.11 Å². The topological polar surface area (TPSA) is 29.5 Å². The summed E-state index contributed by atoms with van der Waals surface area (Å²) in [6.45, 7) is 0.757. The molecule has 1 unspecified atom stereocenters. The van der Waals surface area contributed by atoms with Crippen LogP contribution in [0, 0.1) is 5.92 Å². The summed E-state index contributed by atoms with van der Waals surface area (Å²) in [5, 5.41) is 9.11. The maximum atomic E-state index is 9.11. The molecule has 0 amide bonds. The Kier molecular flexibility index (Phi) is 5.15. The lowest BCUT2D eigenvalue weighted by Gasteiger charge is -2.13. The van der Waals surface area contributed by atoms with Crippen LogP contribution in [0.5, 0.6) is 0 Å². The summed E-state index contributed by atoms with van der Waals surface area (Å²) >= 11 is 3.48. The minimum absolute atomic E-state index is 0.162. The van der Waals surface area contributed by atoms with Crippen molar-refractivity contribution in [2.75, 3.05) is 20.3 Å². The van der Waals surface area contributed by atoms with E-state index in [1.807, 2.05) is 18.2 Å². The number of ether oxygens (including phenoxy) is 1. The van der Waals surface area contributed by atoms with Crippen molar-refractivity contribution in [1.29, 1.82) is 0 Å². The maximum Gasteiger partial charge on any atom is 0.0515 e. The van der Waals surface area contributed by atoms with Crippen molar-refractivity contribution in [1.82, 2.24) is 0 Å². The number of aliphatic hydroxyl groups excluding tert-OH is 1. The van der Waals surface area contributed by atoms with Gasteiger partial charge in [0.05, 0.1) is 6.61 Å². The number of benzene rings is 1. The summed E-state index contributed by atoms with van der Waals surface area (Å²) in [5.41, 5.74) is 1.21. The molecule has 1 aromatic rings. The summed E-state index contributed by atoms with van der Waals surface area (Å²) < 4.78 is 6.12. The van der Waals surface area contributed by atoms with Gasteiger partial charge in [0, 0.05) is 24.1 Å². The van der Waals surface area contributed by atoms with Gasteiger partial charge in [0.1, 0.15) is 0 Å². The Morgan fingerprint density at radius 1 is 1.43 bits per heavy atom. The van der Waals surface area contributed by atoms with E-state index in [4.69, 9.17) is 9.84 Å². The SMILES string of the molecule is COCC(CO)Cc1ccccc1Br. The van der Waals surface area contributed by atoms with Gasteiger partial charge >= 0.3 is 0 Å². The number of halogens is 1. The third kappa shape index (κ3) is 3.40. The van der Waals surface area contributed by atoms with Gasteiger partial charge < -0.3 is 9.84 Å². The summed E-state index contributed by atoms with van der Waals surface area (Å²) in [7, 11) is 1.66. The van der Waals surface area contributed by atoms with Crippen LogP contribution in [0.3, 0.4) is 0 Å². The van der Waals surface area contributed by atoms with Crippen molar-refractivity contribution >= 4 is 15.9 Å². The van der Waals surface area contributed by atoms with E-state index in [-0.39, 0.29) is 12.5 Å². The quantitative estimate of drug-likeness (QED) is 0.878. The molecule has 1 rings (SSSR count). The monoisotopic (exact) mass is 258 g/mol. The van der Waals surface area contributed by atoms with E-state index in [0.717, 1.165) is 10.9 Å². The fourth-order valence-corrected chi connectivity index (χ4v) is 1.83. The molecule has 1 aromatic carbocycles. The van der Waals surface area contributed by atoms with Crippen molar-refractivity contribution in [2.24, 2.45) is 5.92 Å². The predicted octanol–water partition coefficient (Wildman–Crippen LogP) is 2.25. The molecular formula is C11H15BrO2. The zero-order valence-electron chi connectivity index (χ0n) is 8.24. The normalized spacial score (nSPS) is 12.8. The minimum atomic E-state index is 0.162. The van der Waals surface area contributed by atoms with Crippen LogP contribution in [0.4, 0.5) is 0 Å². The third-order valence-corrected chi connectivity index (χ3v) is 2.90. The third-order valence-electron chi connectivity index (χ3n) is 2.13. The number of methoxy groups -OCH3 is 1. The Balaban J connectivity index is 2.62. The number of hydrogen-bond donors (Lipinski definition) is 1. The fraction of sp³-hybridized carbons (Fsp3) is 0.455. The zero-order valence-corrected chi connectivity index (χ0v) is 9.83. The van der Waals surface area contributed by atoms with Gasteiger partial charge in [0.2, 0.25) is 0 Å². The van der Waals surface area contributed by atoms with Crippen molar-refractivity contribution in [3.8, 4) is 0 Å². The maximum absolute atomic E-state index is 9.11. The lowest BCUT2D eigenvalue weighted by molar-refractivity contribution is 0.110. The van der Waals surface area contributed by atoms with Crippen molar-refractivity contribution in [3.05, 3.63) is 34.3 Å². The molecular weight excluding hydrogens is 244 g/mol. The molecule has 0 fully saturated rings. The second-order valence-corrected chi connectivity index (χ2v) is 4.15. The molecule has 0 aliphatic heterocycles. The smallest absolute Gasteiger partial charge is 0.0515 e. The molecule has 0 aromatic heterocycles. The average molecular weight is 259 g/mol. The molecule has 1 N–H and O–H groups in total. The Bertz CT molecular complexity index is 276. The van der Waals surface area contributed by atoms with E-state index in [1.165, 1.54) is 5.56 Å². The Hall–Kier alpha value is -0.380. The minimum Gasteiger partial charge on any atom is -0.396 e. The number of rotatable bonds is 5. The van der Waals surface area contributed by atoms with Crippen molar-refractivity contribution < 1.29 is 9.84 Å². The highest BCUT2D eigenvalue weighted by atomic mass is 79.9. The molecule has 3 heteroatoms. The lowest BCUT2D eigenvalue weighted by Crippen LogP contribution is -2.15. The first kappa shape index (κ1) is 11.7. The van der Waals surface area contributed by atoms with Crippen LogP contribution in [-0.4, -0.2) is 25.4 Å². The molecule has 0 spiro atoms. The van der Waals surface area contributed by atoms with E-state index in [0.29, 0.717) is 6.61 Å². The van der Waals surface area contributed by atoms with Gasteiger partial charge in [-0.05, 0) is 18.1 Å². The molecule has 0 bridgehead atoms. The standard InChI is InChI=1S/C11H15BrO2/c1-14-8-9(7-13)6-10-4-2-3-5-11(10)12/h2-5,9,13H,6-8H2,1H3. The first-order valence-corrected chi connectivity index (χ1v) is 5.40.